The van der Waals surface area contributed by atoms with Crippen LogP contribution in [0.1, 0.15) is 16.7 Å². The number of nitrogens with one attached hydrogen (secondary N) is 1. The predicted molar refractivity (Wildman–Crippen MR) is 129 cm³/mol. The number of carbonyl (C=O) groups excluding carboxylic acids is 1. The molecule has 1 N–H and O–H groups in total. The van der Waals surface area contributed by atoms with Gasteiger partial charge in [-0.25, -0.2) is 8.42 Å². The van der Waals surface area contributed by atoms with Gasteiger partial charge in [-0.15, -0.1) is 0 Å². The molecular formula is C24H25BrN2O4S. The van der Waals surface area contributed by atoms with Gasteiger partial charge in [0, 0.05) is 6.54 Å². The van der Waals surface area contributed by atoms with Gasteiger partial charge < -0.3 is 10.1 Å². The van der Waals surface area contributed by atoms with Crippen molar-refractivity contribution >= 4 is 37.5 Å². The van der Waals surface area contributed by atoms with Gasteiger partial charge in [0.25, 0.3) is 10.0 Å². The molecule has 0 spiro atoms. The molecule has 0 aliphatic heterocycles. The summed E-state index contributed by atoms with van der Waals surface area (Å²) in [4.78, 5) is 12.8. The van der Waals surface area contributed by atoms with E-state index in [2.05, 4.69) is 21.2 Å². The summed E-state index contributed by atoms with van der Waals surface area (Å²) in [6.07, 6.45) is 0. The molecule has 0 fully saturated rings. The maximum atomic E-state index is 13.5. The molecule has 0 aliphatic rings. The summed E-state index contributed by atoms with van der Waals surface area (Å²) in [5, 5.41) is 2.82. The number of benzene rings is 3. The highest BCUT2D eigenvalue weighted by atomic mass is 79.9. The van der Waals surface area contributed by atoms with Gasteiger partial charge in [-0.3, -0.25) is 9.10 Å². The lowest BCUT2D eigenvalue weighted by atomic mass is 10.1. The zero-order valence-electron chi connectivity index (χ0n) is 18.1. The lowest BCUT2D eigenvalue weighted by Crippen LogP contribution is -2.40. The largest absolute Gasteiger partial charge is 0.496 e. The first-order valence-corrected chi connectivity index (χ1v) is 12.2. The average Bonchev–Trinajstić information content (AvgIpc) is 2.76. The molecule has 0 radical (unpaired) electrons. The molecule has 3 aromatic rings. The van der Waals surface area contributed by atoms with Crippen LogP contribution in [0.4, 0.5) is 5.69 Å². The van der Waals surface area contributed by atoms with E-state index >= 15 is 0 Å². The fourth-order valence-electron chi connectivity index (χ4n) is 3.17. The highest BCUT2D eigenvalue weighted by Crippen LogP contribution is 2.30. The number of anilines is 1. The summed E-state index contributed by atoms with van der Waals surface area (Å²) >= 11 is 3.33. The number of hydrogen-bond donors (Lipinski definition) is 1. The number of hydrogen-bond acceptors (Lipinski definition) is 4. The Hall–Kier alpha value is -2.84. The van der Waals surface area contributed by atoms with Crippen molar-refractivity contribution < 1.29 is 17.9 Å². The van der Waals surface area contributed by atoms with Crippen LogP contribution in [0.25, 0.3) is 0 Å². The minimum Gasteiger partial charge on any atom is -0.496 e. The number of aryl methyl sites for hydroxylation is 2. The van der Waals surface area contributed by atoms with Crippen molar-refractivity contribution in [2.45, 2.75) is 25.3 Å². The van der Waals surface area contributed by atoms with Crippen molar-refractivity contribution in [2.75, 3.05) is 18.0 Å². The zero-order valence-corrected chi connectivity index (χ0v) is 20.5. The Balaban J connectivity index is 1.89. The molecule has 0 atom stereocenters. The van der Waals surface area contributed by atoms with E-state index in [4.69, 9.17) is 4.74 Å². The monoisotopic (exact) mass is 516 g/mol. The SMILES string of the molecule is COc1ccc(S(=O)(=O)N(CC(=O)NCc2cccc(C)c2)c2ccc(C)cc2)cc1Br. The molecule has 0 heterocycles. The van der Waals surface area contributed by atoms with Crippen LogP contribution in [-0.2, 0) is 21.4 Å². The second kappa shape index (κ2) is 10.2. The molecule has 0 saturated carbocycles. The third-order valence-electron chi connectivity index (χ3n) is 4.89. The van der Waals surface area contributed by atoms with Crippen molar-refractivity contribution in [3.05, 3.63) is 87.9 Å². The second-order valence-corrected chi connectivity index (χ2v) is 10.1. The van der Waals surface area contributed by atoms with Crippen LogP contribution in [0, 0.1) is 13.8 Å². The highest BCUT2D eigenvalue weighted by molar-refractivity contribution is 9.10. The number of nitrogens with zero attached hydrogens (tertiary/aromatic N) is 1. The van der Waals surface area contributed by atoms with Crippen LogP contribution < -0.4 is 14.4 Å². The first-order valence-electron chi connectivity index (χ1n) is 9.96. The van der Waals surface area contributed by atoms with Crippen LogP contribution in [0.2, 0.25) is 0 Å². The fourth-order valence-corrected chi connectivity index (χ4v) is 5.31. The highest BCUT2D eigenvalue weighted by Gasteiger charge is 2.28. The minimum atomic E-state index is -4.01. The van der Waals surface area contributed by atoms with Crippen LogP contribution in [0.15, 0.2) is 76.1 Å². The van der Waals surface area contributed by atoms with E-state index in [-0.39, 0.29) is 11.4 Å². The second-order valence-electron chi connectivity index (χ2n) is 7.41. The predicted octanol–water partition coefficient (Wildman–Crippen LogP) is 4.59. The lowest BCUT2D eigenvalue weighted by Gasteiger charge is -2.24. The summed E-state index contributed by atoms with van der Waals surface area (Å²) in [5.74, 6) is 0.116. The van der Waals surface area contributed by atoms with Gasteiger partial charge in [0.2, 0.25) is 5.91 Å². The summed E-state index contributed by atoms with van der Waals surface area (Å²) in [5.41, 5.74) is 3.43. The molecule has 0 aromatic heterocycles. The van der Waals surface area contributed by atoms with E-state index in [1.165, 1.54) is 19.2 Å². The minimum absolute atomic E-state index is 0.0530. The molecule has 32 heavy (non-hydrogen) atoms. The van der Waals surface area contributed by atoms with Crippen LogP contribution >= 0.6 is 15.9 Å². The number of methoxy groups -OCH3 is 1. The number of sulfonamides is 1. The Labute approximate surface area is 197 Å². The van der Waals surface area contributed by atoms with Crippen molar-refractivity contribution in [2.24, 2.45) is 0 Å². The third kappa shape index (κ3) is 5.69. The summed E-state index contributed by atoms with van der Waals surface area (Å²) in [7, 11) is -2.51. The van der Waals surface area contributed by atoms with Gasteiger partial charge in [-0.05, 0) is 65.7 Å². The number of amides is 1. The molecule has 0 saturated heterocycles. The molecule has 6 nitrogen and oxygen atoms in total. The molecule has 0 aliphatic carbocycles. The Bertz CT molecular complexity index is 1210. The van der Waals surface area contributed by atoms with Crippen molar-refractivity contribution in [3.63, 3.8) is 0 Å². The normalized spacial score (nSPS) is 11.1. The van der Waals surface area contributed by atoms with Gasteiger partial charge in [0.1, 0.15) is 12.3 Å². The number of halogens is 1. The fraction of sp³-hybridized carbons (Fsp3) is 0.208. The number of rotatable bonds is 8. The lowest BCUT2D eigenvalue weighted by molar-refractivity contribution is -0.119. The van der Waals surface area contributed by atoms with Gasteiger partial charge in [0.05, 0.1) is 22.2 Å². The molecule has 3 aromatic carbocycles. The average molecular weight is 517 g/mol. The first-order chi connectivity index (χ1) is 15.2. The van der Waals surface area contributed by atoms with Crippen LogP contribution in [0.3, 0.4) is 0 Å². The maximum Gasteiger partial charge on any atom is 0.264 e. The number of carbonyl (C=O) groups is 1. The summed E-state index contributed by atoms with van der Waals surface area (Å²) in [6.45, 7) is 3.86. The Morgan fingerprint density at radius 1 is 1.00 bits per heavy atom. The Morgan fingerprint density at radius 3 is 2.34 bits per heavy atom. The topological polar surface area (TPSA) is 75.7 Å². The van der Waals surface area contributed by atoms with Crippen molar-refractivity contribution in [3.8, 4) is 5.75 Å². The quantitative estimate of drug-likeness (QED) is 0.475. The van der Waals surface area contributed by atoms with Crippen LogP contribution in [-0.4, -0.2) is 28.0 Å². The molecule has 8 heteroatoms. The maximum absolute atomic E-state index is 13.5. The molecular weight excluding hydrogens is 492 g/mol. The zero-order chi connectivity index (χ0) is 23.3. The van der Waals surface area contributed by atoms with E-state index in [0.717, 1.165) is 21.0 Å². The first kappa shape index (κ1) is 23.8. The van der Waals surface area contributed by atoms with Gasteiger partial charge in [-0.2, -0.15) is 0 Å². The standard InChI is InChI=1S/C24H25BrN2O4S/c1-17-7-9-20(10-8-17)27(16-24(28)26-15-19-6-4-5-18(2)13-19)32(29,30)21-11-12-23(31-3)22(25)14-21/h4-14H,15-16H2,1-3H3,(H,26,28). The summed E-state index contributed by atoms with van der Waals surface area (Å²) < 4.78 is 33.8. The molecule has 3 rings (SSSR count). The summed E-state index contributed by atoms with van der Waals surface area (Å²) in [6, 6.07) is 19.3. The van der Waals surface area contributed by atoms with Crippen molar-refractivity contribution in [1.29, 1.82) is 0 Å². The Kier molecular flexibility index (Phi) is 7.58. The number of ether oxygens (including phenoxy) is 1. The van der Waals surface area contributed by atoms with E-state index in [1.807, 2.05) is 50.2 Å². The van der Waals surface area contributed by atoms with Crippen molar-refractivity contribution in [1.82, 2.24) is 5.32 Å². The third-order valence-corrected chi connectivity index (χ3v) is 7.28. The molecule has 0 bridgehead atoms. The molecule has 168 valence electrons. The Morgan fingerprint density at radius 2 is 1.72 bits per heavy atom. The van der Waals surface area contributed by atoms with Crippen LogP contribution in [0.5, 0.6) is 5.75 Å². The van der Waals surface area contributed by atoms with Gasteiger partial charge in [-0.1, -0.05) is 47.5 Å². The molecule has 0 unspecified atom stereocenters. The van der Waals surface area contributed by atoms with E-state index in [9.17, 15) is 13.2 Å². The van der Waals surface area contributed by atoms with Gasteiger partial charge >= 0.3 is 0 Å². The van der Waals surface area contributed by atoms with E-state index in [0.29, 0.717) is 22.5 Å². The molecule has 1 amide bonds. The van der Waals surface area contributed by atoms with E-state index < -0.39 is 15.9 Å². The van der Waals surface area contributed by atoms with Gasteiger partial charge in [0.15, 0.2) is 0 Å². The smallest absolute Gasteiger partial charge is 0.264 e. The van der Waals surface area contributed by atoms with E-state index in [1.54, 1.807) is 18.2 Å².